The van der Waals surface area contributed by atoms with Crippen LogP contribution in [0.1, 0.15) is 30.5 Å². The predicted molar refractivity (Wildman–Crippen MR) is 284 cm³/mol. The summed E-state index contributed by atoms with van der Waals surface area (Å²) in [6.45, 7) is 5.24. The molecule has 0 atom stereocenters. The third kappa shape index (κ3) is 7.84. The van der Waals surface area contributed by atoms with E-state index in [2.05, 4.69) is 260 Å². The van der Waals surface area contributed by atoms with E-state index in [1.807, 2.05) is 16.8 Å². The Hall–Kier alpha value is -8.80. The van der Waals surface area contributed by atoms with Crippen molar-refractivity contribution in [3.05, 3.63) is 265 Å². The summed E-state index contributed by atoms with van der Waals surface area (Å²) in [7, 11) is 0. The number of rotatable bonds is 11. The second kappa shape index (κ2) is 17.4. The molecule has 1 aliphatic carbocycles. The minimum Gasteiger partial charge on any atom is -0.365 e. The Kier molecular flexibility index (Phi) is 10.5. The smallest absolute Gasteiger partial charge is 0.165 e. The molecule has 0 saturated carbocycles. The molecule has 1 aliphatic rings. The maximum absolute atomic E-state index is 5.35. The Labute approximate surface area is 403 Å². The molecule has 69 heavy (non-hydrogen) atoms. The molecule has 0 saturated heterocycles. The molecule has 0 amide bonds. The lowest BCUT2D eigenvalue weighted by Gasteiger charge is -2.30. The molecule has 0 spiro atoms. The van der Waals surface area contributed by atoms with E-state index in [1.54, 1.807) is 0 Å². The number of benzene rings is 10. The van der Waals surface area contributed by atoms with Crippen LogP contribution in [0.5, 0.6) is 0 Å². The summed E-state index contributed by atoms with van der Waals surface area (Å²) in [4.78, 5) is 9.88. The van der Waals surface area contributed by atoms with Crippen LogP contribution >= 0.6 is 0 Å². The average molecular weight is 888 g/mol. The fraction of sp³-hybridized carbons (Fsp3) is 0.0625. The normalized spacial score (nSPS) is 12.4. The fourth-order valence-electron chi connectivity index (χ4n) is 10.1. The van der Waals surface area contributed by atoms with E-state index in [9.17, 15) is 0 Å². The molecule has 11 aromatic rings. The highest BCUT2D eigenvalue weighted by atomic mass is 15.4. The van der Waals surface area contributed by atoms with Crippen LogP contribution in [0, 0.1) is 0 Å². The van der Waals surface area contributed by atoms with Crippen LogP contribution in [-0.4, -0.2) is 4.98 Å². The molecule has 0 fully saturated rings. The zero-order valence-electron chi connectivity index (χ0n) is 38.6. The van der Waals surface area contributed by atoms with Crippen molar-refractivity contribution < 1.29 is 4.68 Å². The van der Waals surface area contributed by atoms with Gasteiger partial charge in [0, 0.05) is 28.0 Å². The van der Waals surface area contributed by atoms with Gasteiger partial charge in [-0.25, -0.2) is 9.78 Å². The highest BCUT2D eigenvalue weighted by molar-refractivity contribution is 5.90. The molecule has 1 aromatic heterocycles. The Morgan fingerprint density at radius 3 is 1.54 bits per heavy atom. The van der Waals surface area contributed by atoms with Gasteiger partial charge in [0.2, 0.25) is 0 Å². The van der Waals surface area contributed by atoms with E-state index in [0.717, 1.165) is 67.6 Å². The van der Waals surface area contributed by atoms with Crippen LogP contribution in [0.15, 0.2) is 249 Å². The summed E-state index contributed by atoms with van der Waals surface area (Å²) in [5, 5.41) is 7.75. The van der Waals surface area contributed by atoms with E-state index in [1.165, 1.54) is 33.0 Å². The number of nitrogens with zero attached hydrogens (tertiary/aromatic N) is 5. The van der Waals surface area contributed by atoms with E-state index >= 15 is 0 Å². The van der Waals surface area contributed by atoms with Crippen molar-refractivity contribution in [2.45, 2.75) is 25.8 Å². The number of anilines is 6. The number of fused-ring (bicyclic) bond motifs is 4. The van der Waals surface area contributed by atoms with Gasteiger partial charge in [-0.3, -0.25) is 0 Å². The largest absolute Gasteiger partial charge is 0.365 e. The molecule has 1 heterocycles. The van der Waals surface area contributed by atoms with Crippen LogP contribution in [-0.2, 0) is 12.0 Å². The number of hydrogen-bond donors (Lipinski definition) is 0. The molecule has 330 valence electrons. The quantitative estimate of drug-likeness (QED) is 0.121. The highest BCUT2D eigenvalue weighted by Gasteiger charge is 2.35. The van der Waals surface area contributed by atoms with Gasteiger partial charge in [-0.05, 0) is 115 Å². The summed E-state index contributed by atoms with van der Waals surface area (Å²) in [5.41, 5.74) is 17.2. The Bertz CT molecular complexity index is 3580. The van der Waals surface area contributed by atoms with Crippen molar-refractivity contribution in [1.29, 1.82) is 0 Å². The number of aromatic nitrogens is 3. The lowest BCUT2D eigenvalue weighted by molar-refractivity contribution is -0.737. The van der Waals surface area contributed by atoms with Crippen molar-refractivity contribution in [3.8, 4) is 44.8 Å². The van der Waals surface area contributed by atoms with Crippen LogP contribution < -0.4 is 19.6 Å². The van der Waals surface area contributed by atoms with Gasteiger partial charge in [0.05, 0.1) is 5.95 Å². The van der Waals surface area contributed by atoms with Crippen molar-refractivity contribution >= 4 is 45.2 Å². The van der Waals surface area contributed by atoms with Crippen molar-refractivity contribution in [2.75, 3.05) is 9.80 Å². The minimum absolute atomic E-state index is 0.103. The van der Waals surface area contributed by atoms with Crippen molar-refractivity contribution in [1.82, 2.24) is 10.1 Å². The Morgan fingerprint density at radius 1 is 0.391 bits per heavy atom. The van der Waals surface area contributed by atoms with E-state index in [4.69, 9.17) is 10.1 Å². The molecule has 12 rings (SSSR count). The van der Waals surface area contributed by atoms with Crippen molar-refractivity contribution in [3.63, 3.8) is 0 Å². The summed E-state index contributed by atoms with van der Waals surface area (Å²) >= 11 is 0. The summed E-state index contributed by atoms with van der Waals surface area (Å²) in [5.74, 6) is 1.43. The SMILES string of the molecule is CC1(C)c2ccccc2-c2cc(N(c3ccc(-c4ccc(-c5ccc(N(c6ccccc6)c6ccc7ccccc7c6)cc5)cc4)cc3)c3nc(-c4ccccc4)[n+](Cc4ccccc4)[n-]3)ccc21. The molecular weight excluding hydrogens is 839 g/mol. The van der Waals surface area contributed by atoms with Crippen LogP contribution in [0.25, 0.3) is 55.5 Å². The fourth-order valence-corrected chi connectivity index (χ4v) is 10.1. The molecule has 0 bridgehead atoms. The molecule has 5 heteroatoms. The second-order valence-electron chi connectivity index (χ2n) is 18.4. The standard InChI is InChI=1S/C64H49N5/c1-64(2)60-25-15-14-24-58(60)59-43-57(40-41-61(59)64)69(63-65-62(51-19-8-4-9-20-51)67(66-63)44-45-16-6-3-7-17-45)55-37-32-50(33-38-55)48-28-26-47(27-29-48)49-30-35-54(36-31-49)68(53-22-10-5-11-23-53)56-39-34-46-18-12-13-21-52(46)42-56/h3-43H,44H2,1-2H3. The molecule has 0 unspecified atom stereocenters. The molecule has 0 N–H and O–H groups in total. The summed E-state index contributed by atoms with van der Waals surface area (Å²) in [6, 6.07) is 88.9. The van der Waals surface area contributed by atoms with Gasteiger partial charge >= 0.3 is 0 Å². The second-order valence-corrected chi connectivity index (χ2v) is 18.4. The molecule has 0 radical (unpaired) electrons. The predicted octanol–water partition coefficient (Wildman–Crippen LogP) is 15.8. The first kappa shape index (κ1) is 41.6. The maximum atomic E-state index is 5.35. The first-order valence-electron chi connectivity index (χ1n) is 23.7. The minimum atomic E-state index is -0.103. The molecule has 10 aromatic carbocycles. The van der Waals surface area contributed by atoms with Crippen molar-refractivity contribution in [2.24, 2.45) is 0 Å². The number of hydrogen-bond acceptors (Lipinski definition) is 3. The van der Waals surface area contributed by atoms with Gasteiger partial charge in [-0.15, -0.1) is 0 Å². The van der Waals surface area contributed by atoms with E-state index < -0.39 is 0 Å². The summed E-state index contributed by atoms with van der Waals surface area (Å²) < 4.78 is 2.03. The highest BCUT2D eigenvalue weighted by Crippen LogP contribution is 2.50. The van der Waals surface area contributed by atoms with Gasteiger partial charge < -0.3 is 14.8 Å². The van der Waals surface area contributed by atoms with Crippen LogP contribution in [0.4, 0.5) is 34.4 Å². The maximum Gasteiger partial charge on any atom is 0.165 e. The number of para-hydroxylation sites is 1. The first-order valence-corrected chi connectivity index (χ1v) is 23.7. The van der Waals surface area contributed by atoms with Gasteiger partial charge in [0.1, 0.15) is 6.54 Å². The molecular formula is C64H49N5. The van der Waals surface area contributed by atoms with Gasteiger partial charge in [0.15, 0.2) is 5.82 Å². The van der Waals surface area contributed by atoms with Crippen LogP contribution in [0.3, 0.4) is 0 Å². The third-order valence-electron chi connectivity index (χ3n) is 13.7. The first-order chi connectivity index (χ1) is 33.9. The average Bonchev–Trinajstić information content (AvgIpc) is 3.92. The summed E-state index contributed by atoms with van der Waals surface area (Å²) in [6.07, 6.45) is 0. The van der Waals surface area contributed by atoms with E-state index in [0.29, 0.717) is 12.5 Å². The van der Waals surface area contributed by atoms with Gasteiger partial charge in [0.25, 0.3) is 0 Å². The third-order valence-corrected chi connectivity index (χ3v) is 13.7. The zero-order valence-corrected chi connectivity index (χ0v) is 38.6. The van der Waals surface area contributed by atoms with Gasteiger partial charge in [-0.2, -0.15) is 0 Å². The lowest BCUT2D eigenvalue weighted by Crippen LogP contribution is -2.40. The molecule has 5 nitrogen and oxygen atoms in total. The topological polar surface area (TPSA) is 37.4 Å². The Balaban J connectivity index is 0.874. The van der Waals surface area contributed by atoms with E-state index in [-0.39, 0.29) is 5.41 Å². The Morgan fingerprint density at radius 2 is 0.870 bits per heavy atom. The lowest BCUT2D eigenvalue weighted by atomic mass is 9.82. The van der Waals surface area contributed by atoms with Crippen LogP contribution in [0.2, 0.25) is 0 Å². The van der Waals surface area contributed by atoms with Gasteiger partial charge in [-0.1, -0.05) is 220 Å². The molecule has 0 aliphatic heterocycles. The monoisotopic (exact) mass is 887 g/mol. The zero-order chi connectivity index (χ0) is 46.3.